The van der Waals surface area contributed by atoms with Crippen LogP contribution in [-0.4, -0.2) is 11.7 Å². The molecule has 128 valence electrons. The van der Waals surface area contributed by atoms with Gasteiger partial charge in [-0.15, -0.1) is 0 Å². The smallest absolute Gasteiger partial charge is 0.0433 e. The Morgan fingerprint density at radius 2 is 1.10 bits per heavy atom. The Morgan fingerprint density at radius 3 is 1.67 bits per heavy atom. The maximum Gasteiger partial charge on any atom is 0.0433 e. The van der Waals surface area contributed by atoms with E-state index >= 15 is 0 Å². The molecular formula is C20H42O. The van der Waals surface area contributed by atoms with E-state index in [-0.39, 0.29) is 0 Å². The van der Waals surface area contributed by atoms with Crippen LogP contribution in [0.1, 0.15) is 111 Å². The van der Waals surface area contributed by atoms with Crippen molar-refractivity contribution in [2.75, 3.05) is 6.61 Å². The van der Waals surface area contributed by atoms with Crippen molar-refractivity contribution in [3.63, 3.8) is 0 Å². The normalized spacial score (nSPS) is 14.3. The highest BCUT2D eigenvalue weighted by Crippen LogP contribution is 2.27. The quantitative estimate of drug-likeness (QED) is 0.313. The van der Waals surface area contributed by atoms with Crippen LogP contribution in [-0.2, 0) is 0 Å². The molecule has 21 heavy (non-hydrogen) atoms. The first kappa shape index (κ1) is 21.0. The molecule has 0 aromatic heterocycles. The fourth-order valence-electron chi connectivity index (χ4n) is 3.37. The number of hydrogen-bond donors (Lipinski definition) is 1. The maximum absolute atomic E-state index is 9.30. The lowest BCUT2D eigenvalue weighted by atomic mass is 9.83. The molecule has 0 aliphatic heterocycles. The average molecular weight is 299 g/mol. The first-order chi connectivity index (χ1) is 10.3. The first-order valence-corrected chi connectivity index (χ1v) is 9.87. The molecule has 0 aromatic rings. The monoisotopic (exact) mass is 298 g/mol. The van der Waals surface area contributed by atoms with Gasteiger partial charge in [-0.1, -0.05) is 104 Å². The van der Waals surface area contributed by atoms with Crippen molar-refractivity contribution >= 4 is 0 Å². The summed E-state index contributed by atoms with van der Waals surface area (Å²) in [7, 11) is 0. The second-order valence-corrected chi connectivity index (χ2v) is 7.01. The van der Waals surface area contributed by atoms with Crippen molar-refractivity contribution in [1.29, 1.82) is 0 Å². The fourth-order valence-corrected chi connectivity index (χ4v) is 3.37. The van der Waals surface area contributed by atoms with Gasteiger partial charge in [0.25, 0.3) is 0 Å². The minimum Gasteiger partial charge on any atom is -0.396 e. The Hall–Kier alpha value is -0.0400. The van der Waals surface area contributed by atoms with Crippen molar-refractivity contribution in [3.8, 4) is 0 Å². The maximum atomic E-state index is 9.30. The first-order valence-electron chi connectivity index (χ1n) is 9.87. The van der Waals surface area contributed by atoms with Gasteiger partial charge < -0.3 is 5.11 Å². The third-order valence-corrected chi connectivity index (χ3v) is 5.00. The summed E-state index contributed by atoms with van der Waals surface area (Å²) in [6.07, 6.45) is 19.0. The highest BCUT2D eigenvalue weighted by molar-refractivity contribution is 4.67. The summed E-state index contributed by atoms with van der Waals surface area (Å²) in [4.78, 5) is 0. The molecule has 0 saturated heterocycles. The molecule has 0 aliphatic carbocycles. The van der Waals surface area contributed by atoms with Crippen LogP contribution in [0.3, 0.4) is 0 Å². The van der Waals surface area contributed by atoms with Crippen molar-refractivity contribution in [2.24, 2.45) is 11.8 Å². The SMILES string of the molecule is CCCCCCCCCC(CCO)C(C)CCCCCC. The average Bonchev–Trinajstić information content (AvgIpc) is 2.49. The molecule has 0 radical (unpaired) electrons. The summed E-state index contributed by atoms with van der Waals surface area (Å²) in [5.41, 5.74) is 0. The van der Waals surface area contributed by atoms with Crippen molar-refractivity contribution < 1.29 is 5.11 Å². The summed E-state index contributed by atoms with van der Waals surface area (Å²) in [5, 5.41) is 9.30. The van der Waals surface area contributed by atoms with Gasteiger partial charge in [-0.25, -0.2) is 0 Å². The molecule has 0 amide bonds. The number of rotatable bonds is 16. The van der Waals surface area contributed by atoms with E-state index in [0.29, 0.717) is 6.61 Å². The Labute approximate surface area is 134 Å². The molecule has 0 heterocycles. The van der Waals surface area contributed by atoms with Crippen LogP contribution in [0.25, 0.3) is 0 Å². The molecule has 0 aromatic carbocycles. The van der Waals surface area contributed by atoms with E-state index < -0.39 is 0 Å². The fraction of sp³-hybridized carbons (Fsp3) is 1.00. The number of hydrogen-bond acceptors (Lipinski definition) is 1. The molecule has 1 N–H and O–H groups in total. The van der Waals surface area contributed by atoms with E-state index in [0.717, 1.165) is 18.3 Å². The lowest BCUT2D eigenvalue weighted by Gasteiger charge is -2.23. The standard InChI is InChI=1S/C20H42O/c1-4-6-8-10-11-12-14-16-20(17-18-21)19(3)15-13-9-7-5-2/h19-21H,4-18H2,1-3H3. The Kier molecular flexibility index (Phi) is 16.3. The van der Waals surface area contributed by atoms with Crippen LogP contribution in [0.15, 0.2) is 0 Å². The predicted octanol–water partition coefficient (Wildman–Crippen LogP) is 6.73. The highest BCUT2D eigenvalue weighted by atomic mass is 16.3. The molecule has 0 saturated carbocycles. The molecule has 0 fully saturated rings. The Morgan fingerprint density at radius 1 is 0.619 bits per heavy atom. The van der Waals surface area contributed by atoms with E-state index in [4.69, 9.17) is 0 Å². The van der Waals surface area contributed by atoms with Crippen LogP contribution in [0, 0.1) is 11.8 Å². The van der Waals surface area contributed by atoms with Crippen LogP contribution < -0.4 is 0 Å². The van der Waals surface area contributed by atoms with Crippen LogP contribution in [0.5, 0.6) is 0 Å². The Balaban J connectivity index is 3.68. The van der Waals surface area contributed by atoms with E-state index in [9.17, 15) is 5.11 Å². The van der Waals surface area contributed by atoms with Gasteiger partial charge in [-0.05, 0) is 18.3 Å². The summed E-state index contributed by atoms with van der Waals surface area (Å²) in [5.74, 6) is 1.56. The molecule has 1 heteroatoms. The lowest BCUT2D eigenvalue weighted by Crippen LogP contribution is -2.14. The Bertz CT molecular complexity index is 190. The lowest BCUT2D eigenvalue weighted by molar-refractivity contribution is 0.206. The van der Waals surface area contributed by atoms with E-state index in [1.165, 1.54) is 83.5 Å². The van der Waals surface area contributed by atoms with Crippen molar-refractivity contribution in [3.05, 3.63) is 0 Å². The summed E-state index contributed by atoms with van der Waals surface area (Å²) in [6.45, 7) is 7.34. The minimum absolute atomic E-state index is 0.375. The van der Waals surface area contributed by atoms with Crippen LogP contribution in [0.4, 0.5) is 0 Å². The van der Waals surface area contributed by atoms with Gasteiger partial charge in [0.2, 0.25) is 0 Å². The van der Waals surface area contributed by atoms with Gasteiger partial charge in [0, 0.05) is 6.61 Å². The molecule has 0 aliphatic rings. The van der Waals surface area contributed by atoms with Crippen LogP contribution >= 0.6 is 0 Å². The van der Waals surface area contributed by atoms with Gasteiger partial charge in [-0.2, -0.15) is 0 Å². The molecule has 0 spiro atoms. The molecular weight excluding hydrogens is 256 g/mol. The highest BCUT2D eigenvalue weighted by Gasteiger charge is 2.16. The van der Waals surface area contributed by atoms with Gasteiger partial charge >= 0.3 is 0 Å². The third-order valence-electron chi connectivity index (χ3n) is 5.00. The molecule has 0 rings (SSSR count). The summed E-state index contributed by atoms with van der Waals surface area (Å²) >= 11 is 0. The number of unbranched alkanes of at least 4 members (excludes halogenated alkanes) is 9. The molecule has 0 bridgehead atoms. The van der Waals surface area contributed by atoms with E-state index in [1.807, 2.05) is 0 Å². The van der Waals surface area contributed by atoms with Crippen molar-refractivity contribution in [2.45, 2.75) is 111 Å². The minimum atomic E-state index is 0.375. The second-order valence-electron chi connectivity index (χ2n) is 7.01. The molecule has 2 unspecified atom stereocenters. The van der Waals surface area contributed by atoms with Crippen LogP contribution in [0.2, 0.25) is 0 Å². The predicted molar refractivity (Wildman–Crippen MR) is 95.7 cm³/mol. The topological polar surface area (TPSA) is 20.2 Å². The van der Waals surface area contributed by atoms with Gasteiger partial charge in [-0.3, -0.25) is 0 Å². The molecule has 2 atom stereocenters. The number of aliphatic hydroxyl groups excluding tert-OH is 1. The summed E-state index contributed by atoms with van der Waals surface area (Å²) < 4.78 is 0. The van der Waals surface area contributed by atoms with Gasteiger partial charge in [0.15, 0.2) is 0 Å². The second kappa shape index (κ2) is 16.3. The van der Waals surface area contributed by atoms with E-state index in [1.54, 1.807) is 0 Å². The third kappa shape index (κ3) is 13.4. The number of aliphatic hydroxyl groups is 1. The summed E-state index contributed by atoms with van der Waals surface area (Å²) in [6, 6.07) is 0. The zero-order valence-electron chi connectivity index (χ0n) is 15.2. The van der Waals surface area contributed by atoms with Crippen molar-refractivity contribution in [1.82, 2.24) is 0 Å². The zero-order chi connectivity index (χ0) is 15.8. The van der Waals surface area contributed by atoms with Gasteiger partial charge in [0.05, 0.1) is 0 Å². The van der Waals surface area contributed by atoms with E-state index in [2.05, 4.69) is 20.8 Å². The molecule has 1 nitrogen and oxygen atoms in total. The van der Waals surface area contributed by atoms with Gasteiger partial charge in [0.1, 0.15) is 0 Å². The zero-order valence-corrected chi connectivity index (χ0v) is 15.2. The largest absolute Gasteiger partial charge is 0.396 e.